The number of aromatic nitrogens is 1. The van der Waals surface area contributed by atoms with E-state index in [4.69, 9.17) is 0 Å². The van der Waals surface area contributed by atoms with Gasteiger partial charge in [-0.2, -0.15) is 0 Å². The maximum atomic E-state index is 13.1. The first kappa shape index (κ1) is 77.9. The van der Waals surface area contributed by atoms with E-state index in [0.29, 0.717) is 21.8 Å². The van der Waals surface area contributed by atoms with Crippen LogP contribution in [-0.4, -0.2) is 4.98 Å². The third kappa shape index (κ3) is 36.8. The van der Waals surface area contributed by atoms with Crippen LogP contribution in [0.25, 0.3) is 0 Å². The Morgan fingerprint density at radius 3 is 1.04 bits per heavy atom. The van der Waals surface area contributed by atoms with Gasteiger partial charge in [0.15, 0.2) is 0 Å². The topological polar surface area (TPSA) is 12.9 Å². The molecule has 0 unspecified atom stereocenters. The predicted octanol–water partition coefficient (Wildman–Crippen LogP) is 24.0. The van der Waals surface area contributed by atoms with E-state index in [0.717, 1.165) is 29.2 Å². The smallest absolute Gasteiger partial charge is 0.129 e. The Hall–Kier alpha value is -5.17. The van der Waals surface area contributed by atoms with Gasteiger partial charge in [0.2, 0.25) is 0 Å². The fraction of sp³-hybridized carbons (Fsp3) is 0.527. The molecular weight excluding hydrogens is 1020 g/mol. The van der Waals surface area contributed by atoms with E-state index in [1.54, 1.807) is 45.2 Å². The predicted molar refractivity (Wildman–Crippen MR) is 342 cm³/mol. The van der Waals surface area contributed by atoms with Gasteiger partial charge < -0.3 is 0 Å². The summed E-state index contributed by atoms with van der Waals surface area (Å²) in [5.74, 6) is -1.09. The van der Waals surface area contributed by atoms with Crippen LogP contribution in [0.15, 0.2) is 140 Å². The Kier molecular flexibility index (Phi) is 33.1. The van der Waals surface area contributed by atoms with E-state index in [2.05, 4.69) is 166 Å². The molecular formula is C74H111F6N. The molecule has 0 N–H and O–H groups in total. The molecule has 1 heterocycles. The first-order valence-electron chi connectivity index (χ1n) is 28.9. The number of halogens is 6. The summed E-state index contributed by atoms with van der Waals surface area (Å²) in [6.45, 7) is 56.8. The minimum atomic E-state index is -0.477. The summed E-state index contributed by atoms with van der Waals surface area (Å²) >= 11 is 0. The lowest BCUT2D eigenvalue weighted by Gasteiger charge is -2.20. The van der Waals surface area contributed by atoms with Gasteiger partial charge in [-0.3, -0.25) is 4.98 Å². The van der Waals surface area contributed by atoms with Crippen molar-refractivity contribution >= 4 is 0 Å². The summed E-state index contributed by atoms with van der Waals surface area (Å²) in [5.41, 5.74) is 5.81. The van der Waals surface area contributed by atoms with Crippen LogP contribution in [0.2, 0.25) is 0 Å². The molecule has 0 aliphatic heterocycles. The molecule has 0 spiro atoms. The minimum Gasteiger partial charge on any atom is -0.264 e. The summed E-state index contributed by atoms with van der Waals surface area (Å²) in [4.78, 5) is 4.05. The van der Waals surface area contributed by atoms with Gasteiger partial charge in [0.05, 0.1) is 0 Å². The molecule has 0 aliphatic carbocycles. The first-order valence-corrected chi connectivity index (χ1v) is 28.9. The van der Waals surface area contributed by atoms with Gasteiger partial charge >= 0.3 is 0 Å². The Bertz CT molecular complexity index is 2540. The molecule has 0 aliphatic rings. The lowest BCUT2D eigenvalue weighted by molar-refractivity contribution is 0.320. The van der Waals surface area contributed by atoms with E-state index < -0.39 is 17.0 Å². The van der Waals surface area contributed by atoms with Crippen LogP contribution < -0.4 is 0 Å². The second kappa shape index (κ2) is 34.4. The molecule has 0 saturated heterocycles. The quantitative estimate of drug-likeness (QED) is 0.158. The van der Waals surface area contributed by atoms with Gasteiger partial charge in [-0.1, -0.05) is 266 Å². The average Bonchev–Trinajstić information content (AvgIpc) is 3.29. The normalized spacial score (nSPS) is 11.8. The number of nitrogens with zero attached hydrogens (tertiary/aromatic N) is 1. The van der Waals surface area contributed by atoms with Crippen molar-refractivity contribution in [2.24, 2.45) is 16.7 Å². The molecule has 6 rings (SSSR count). The summed E-state index contributed by atoms with van der Waals surface area (Å²) in [5, 5.41) is 0. The van der Waals surface area contributed by atoms with Gasteiger partial charge in [0.1, 0.15) is 34.9 Å². The third-order valence-electron chi connectivity index (χ3n) is 12.0. The Morgan fingerprint density at radius 2 is 0.765 bits per heavy atom. The number of pyridine rings is 1. The highest BCUT2D eigenvalue weighted by atomic mass is 19.2. The number of hydrogen-bond acceptors (Lipinski definition) is 1. The zero-order chi connectivity index (χ0) is 63.6. The fourth-order valence-corrected chi connectivity index (χ4v) is 8.03. The zero-order valence-corrected chi connectivity index (χ0v) is 55.7. The summed E-state index contributed by atoms with van der Waals surface area (Å²) in [6, 6.07) is 35.8. The van der Waals surface area contributed by atoms with Crippen molar-refractivity contribution in [3.05, 3.63) is 208 Å². The second-order valence-electron chi connectivity index (χ2n) is 29.8. The SMILES string of the molecule is CC(C)(C)c1c(F)cccc1F.CC(C)(C)c1cc(F)ccc1F.CC(C)(C)c1cccc(F)c1.CC(C)(C)c1ccccc1.CC(C)(C)c1ccccc1F.CC(C)(C)c1cccnc1.CC(C)CC(C)(C)C.CCCC(C)(C)C. The molecule has 0 amide bonds. The van der Waals surface area contributed by atoms with Gasteiger partial charge in [-0.25, -0.2) is 26.3 Å². The van der Waals surface area contributed by atoms with Crippen LogP contribution in [0, 0.1) is 51.7 Å². The first-order chi connectivity index (χ1) is 36.5. The fourth-order valence-electron chi connectivity index (χ4n) is 8.03. The average molecular weight is 1130 g/mol. The molecule has 0 radical (unpaired) electrons. The van der Waals surface area contributed by atoms with E-state index in [-0.39, 0.29) is 50.5 Å². The summed E-state index contributed by atoms with van der Waals surface area (Å²) in [6.07, 6.45) is 7.69. The van der Waals surface area contributed by atoms with E-state index in [1.807, 2.05) is 72.0 Å². The van der Waals surface area contributed by atoms with Gasteiger partial charge in [-0.15, -0.1) is 0 Å². The number of rotatable bonds is 2. The van der Waals surface area contributed by atoms with Crippen molar-refractivity contribution in [1.82, 2.24) is 4.98 Å². The van der Waals surface area contributed by atoms with Crippen molar-refractivity contribution in [3.63, 3.8) is 0 Å². The van der Waals surface area contributed by atoms with Gasteiger partial charge in [-0.05, 0) is 144 Å². The number of benzene rings is 5. The number of hydrogen-bond donors (Lipinski definition) is 0. The maximum absolute atomic E-state index is 13.1. The minimum absolute atomic E-state index is 0.0437. The largest absolute Gasteiger partial charge is 0.264 e. The molecule has 0 atom stereocenters. The maximum Gasteiger partial charge on any atom is 0.129 e. The Morgan fingerprint density at radius 1 is 0.358 bits per heavy atom. The molecule has 1 nitrogen and oxygen atoms in total. The van der Waals surface area contributed by atoms with Crippen molar-refractivity contribution in [3.8, 4) is 0 Å². The van der Waals surface area contributed by atoms with E-state index >= 15 is 0 Å². The van der Waals surface area contributed by atoms with Crippen LogP contribution in [0.4, 0.5) is 26.3 Å². The lowest BCUT2D eigenvalue weighted by atomic mass is 9.86. The monoisotopic (exact) mass is 1130 g/mol. The Labute approximate surface area is 492 Å². The zero-order valence-electron chi connectivity index (χ0n) is 55.7. The molecule has 6 aromatic rings. The molecule has 5 aromatic carbocycles. The van der Waals surface area contributed by atoms with E-state index in [1.165, 1.54) is 66.8 Å². The highest BCUT2D eigenvalue weighted by molar-refractivity contribution is 5.28. The van der Waals surface area contributed by atoms with Crippen LogP contribution in [0.5, 0.6) is 0 Å². The van der Waals surface area contributed by atoms with Crippen molar-refractivity contribution in [2.75, 3.05) is 0 Å². The molecule has 81 heavy (non-hydrogen) atoms. The van der Waals surface area contributed by atoms with Crippen LogP contribution in [-0.2, 0) is 32.5 Å². The molecule has 0 saturated carbocycles. The highest BCUT2D eigenvalue weighted by Crippen LogP contribution is 2.29. The summed E-state index contributed by atoms with van der Waals surface area (Å²) < 4.78 is 77.8. The molecule has 1 aromatic heterocycles. The third-order valence-corrected chi connectivity index (χ3v) is 12.0. The molecule has 454 valence electrons. The van der Waals surface area contributed by atoms with E-state index in [9.17, 15) is 26.3 Å². The van der Waals surface area contributed by atoms with Gasteiger partial charge in [0.25, 0.3) is 0 Å². The molecule has 0 bridgehead atoms. The van der Waals surface area contributed by atoms with Gasteiger partial charge in [0, 0.05) is 18.0 Å². The summed E-state index contributed by atoms with van der Waals surface area (Å²) in [7, 11) is 0. The van der Waals surface area contributed by atoms with Crippen molar-refractivity contribution < 1.29 is 26.3 Å². The second-order valence-corrected chi connectivity index (χ2v) is 29.8. The molecule has 7 heteroatoms. The van der Waals surface area contributed by atoms with Crippen molar-refractivity contribution in [1.29, 1.82) is 0 Å². The van der Waals surface area contributed by atoms with Crippen molar-refractivity contribution in [2.45, 2.75) is 239 Å². The van der Waals surface area contributed by atoms with Crippen LogP contribution >= 0.6 is 0 Å². The van der Waals surface area contributed by atoms with Crippen LogP contribution in [0.1, 0.15) is 240 Å². The molecule has 0 fully saturated rings. The Balaban J connectivity index is 0. The standard InChI is InChI=1S/2C10H12F2.2C10H13F.C10H14.C9H13N.C8H18.C7H16/c1-10(2,3)8-6-7(11)4-5-9(8)12;1-10(2,3)9-7(11)5-4-6-8(9)12;1-10(2,3)8-5-4-6-9(11)7-8;1-10(2,3)8-6-4-5-7-9(8)11;1-10(2,3)9-7-5-4-6-8-9;1-9(2,3)8-5-4-6-10-7-8;1-7(2)6-8(3,4)5;1-5-6-7(2,3)4/h2*4-6H,1-3H3;2*4-7H,1-3H3;4-8H,1-3H3;4-7H,1-3H3;7H,6H2,1-5H3;5-6H2,1-4H3. The van der Waals surface area contributed by atoms with Crippen LogP contribution in [0.3, 0.4) is 0 Å². The highest BCUT2D eigenvalue weighted by Gasteiger charge is 2.23. The lowest BCUT2D eigenvalue weighted by Crippen LogP contribution is -2.15.